The van der Waals surface area contributed by atoms with E-state index in [1.54, 1.807) is 0 Å². The van der Waals surface area contributed by atoms with Gasteiger partial charge in [-0.1, -0.05) is 0 Å². The Balaban J connectivity index is 0.000000217. The van der Waals surface area contributed by atoms with Gasteiger partial charge in [-0.25, -0.2) is 13.6 Å². The minimum Gasteiger partial charge on any atom is -0.726 e. The molecule has 0 unspecified atom stereocenters. The summed E-state index contributed by atoms with van der Waals surface area (Å²) >= 11 is 0. The molecule has 7 heteroatoms. The SMILES string of the molecule is O=S(=O)([O-])O.O[NH+]1CCCCC1. The van der Waals surface area contributed by atoms with Crippen molar-refractivity contribution in [1.82, 2.24) is 0 Å². The number of hydroxylamine groups is 2. The minimum absolute atomic E-state index is 0.714. The van der Waals surface area contributed by atoms with E-state index in [0.29, 0.717) is 5.06 Å². The van der Waals surface area contributed by atoms with Gasteiger partial charge in [-0.2, -0.15) is 5.06 Å². The van der Waals surface area contributed by atoms with Crippen molar-refractivity contribution in [3.63, 3.8) is 0 Å². The van der Waals surface area contributed by atoms with E-state index in [1.165, 1.54) is 19.3 Å². The van der Waals surface area contributed by atoms with Crippen LogP contribution in [0.5, 0.6) is 0 Å². The molecule has 1 fully saturated rings. The van der Waals surface area contributed by atoms with Crippen LogP contribution in [0.25, 0.3) is 0 Å². The molecule has 1 rings (SSSR count). The first-order valence-corrected chi connectivity index (χ1v) is 4.98. The van der Waals surface area contributed by atoms with Crippen LogP contribution in [0.15, 0.2) is 0 Å². The van der Waals surface area contributed by atoms with Gasteiger partial charge in [0.05, 0.1) is 0 Å². The second-order valence-corrected chi connectivity index (χ2v) is 3.41. The molecule has 1 aliphatic heterocycles. The maximum atomic E-state index is 8.83. The molecule has 0 bridgehead atoms. The second kappa shape index (κ2) is 5.44. The lowest BCUT2D eigenvalue weighted by atomic mass is 10.2. The third-order valence-electron chi connectivity index (χ3n) is 1.43. The van der Waals surface area contributed by atoms with Crippen molar-refractivity contribution >= 4 is 10.4 Å². The molecule has 0 aromatic heterocycles. The standard InChI is InChI=1S/C5H11NO.H2O4S/c7-6-4-2-1-3-5-6;1-5(2,3)4/h7H,1-5H2;(H2,1,2,3,4). The van der Waals surface area contributed by atoms with Crippen LogP contribution in [-0.4, -0.2) is 35.8 Å². The van der Waals surface area contributed by atoms with Gasteiger partial charge in [-0.15, -0.1) is 0 Å². The summed E-state index contributed by atoms with van der Waals surface area (Å²) in [5.74, 6) is 0. The Hall–Kier alpha value is -0.210. The Morgan fingerprint density at radius 2 is 1.50 bits per heavy atom. The van der Waals surface area contributed by atoms with Crippen LogP contribution in [0.3, 0.4) is 0 Å². The fourth-order valence-electron chi connectivity index (χ4n) is 0.960. The highest BCUT2D eigenvalue weighted by molar-refractivity contribution is 7.79. The van der Waals surface area contributed by atoms with Gasteiger partial charge in [-0.3, -0.25) is 4.55 Å². The quantitative estimate of drug-likeness (QED) is 0.324. The third kappa shape index (κ3) is 12.5. The smallest absolute Gasteiger partial charge is 0.215 e. The summed E-state index contributed by atoms with van der Waals surface area (Å²) in [5, 5.41) is 9.54. The van der Waals surface area contributed by atoms with Gasteiger partial charge in [0.15, 0.2) is 0 Å². The highest BCUT2D eigenvalue weighted by Crippen LogP contribution is 1.92. The van der Waals surface area contributed by atoms with Crippen LogP contribution in [0, 0.1) is 0 Å². The van der Waals surface area contributed by atoms with Crippen LogP contribution in [0.4, 0.5) is 0 Å². The van der Waals surface area contributed by atoms with Crippen LogP contribution in [0.2, 0.25) is 0 Å². The summed E-state index contributed by atoms with van der Waals surface area (Å²) in [6.07, 6.45) is 3.71. The fraction of sp³-hybridized carbons (Fsp3) is 1.00. The van der Waals surface area contributed by atoms with Gasteiger partial charge in [0.25, 0.3) is 0 Å². The zero-order valence-electron chi connectivity index (χ0n) is 6.56. The van der Waals surface area contributed by atoms with Gasteiger partial charge in [0.2, 0.25) is 10.4 Å². The van der Waals surface area contributed by atoms with Gasteiger partial charge < -0.3 is 4.55 Å². The van der Waals surface area contributed by atoms with Crippen LogP contribution >= 0.6 is 0 Å². The van der Waals surface area contributed by atoms with Crippen LogP contribution < -0.4 is 5.06 Å². The number of rotatable bonds is 0. The predicted octanol–water partition coefficient (Wildman–Crippen LogP) is -1.55. The minimum atomic E-state index is -4.92. The van der Waals surface area contributed by atoms with Gasteiger partial charge in [0.1, 0.15) is 13.1 Å². The molecular weight excluding hydrogens is 186 g/mol. The van der Waals surface area contributed by atoms with E-state index >= 15 is 0 Å². The molecule has 0 aromatic rings. The zero-order valence-corrected chi connectivity index (χ0v) is 7.38. The molecule has 0 aromatic carbocycles. The lowest BCUT2D eigenvalue weighted by molar-refractivity contribution is -1.09. The summed E-state index contributed by atoms with van der Waals surface area (Å²) in [6, 6.07) is 0. The van der Waals surface area contributed by atoms with E-state index < -0.39 is 10.4 Å². The van der Waals surface area contributed by atoms with Gasteiger partial charge >= 0.3 is 0 Å². The predicted molar refractivity (Wildman–Crippen MR) is 38.7 cm³/mol. The normalized spacial score (nSPS) is 19.6. The lowest BCUT2D eigenvalue weighted by Crippen LogP contribution is -3.10. The van der Waals surface area contributed by atoms with Crippen molar-refractivity contribution in [2.45, 2.75) is 19.3 Å². The topological polar surface area (TPSA) is 102 Å². The molecule has 0 aliphatic carbocycles. The maximum Gasteiger partial charge on any atom is 0.215 e. The molecule has 1 aliphatic rings. The highest BCUT2D eigenvalue weighted by atomic mass is 32.3. The zero-order chi connectivity index (χ0) is 9.61. The molecule has 0 amide bonds. The van der Waals surface area contributed by atoms with E-state index in [9.17, 15) is 0 Å². The fourth-order valence-corrected chi connectivity index (χ4v) is 0.960. The van der Waals surface area contributed by atoms with Crippen molar-refractivity contribution in [3.05, 3.63) is 0 Å². The summed E-state index contributed by atoms with van der Waals surface area (Å²) in [4.78, 5) is 0. The maximum absolute atomic E-state index is 8.83. The van der Waals surface area contributed by atoms with Crippen molar-refractivity contribution < 1.29 is 27.8 Å². The number of piperidine rings is 1. The Morgan fingerprint density at radius 1 is 1.17 bits per heavy atom. The van der Waals surface area contributed by atoms with Gasteiger partial charge in [-0.05, 0) is 19.3 Å². The largest absolute Gasteiger partial charge is 0.726 e. The second-order valence-electron chi connectivity index (χ2n) is 2.55. The number of nitrogens with one attached hydrogen (secondary N) is 1. The first kappa shape index (κ1) is 11.8. The highest BCUT2D eigenvalue weighted by Gasteiger charge is 2.08. The molecule has 12 heavy (non-hydrogen) atoms. The Labute approximate surface area is 71.3 Å². The summed E-state index contributed by atoms with van der Waals surface area (Å²) in [6.45, 7) is 1.92. The molecule has 1 saturated heterocycles. The van der Waals surface area contributed by atoms with Crippen molar-refractivity contribution in [3.8, 4) is 0 Å². The first-order valence-electron chi connectivity index (χ1n) is 3.61. The Kier molecular flexibility index (Phi) is 5.34. The number of hydrogen-bond acceptors (Lipinski definition) is 4. The van der Waals surface area contributed by atoms with E-state index in [2.05, 4.69) is 0 Å². The molecular formula is C5H13NO5S. The molecule has 3 N–H and O–H groups in total. The number of quaternary nitrogens is 1. The van der Waals surface area contributed by atoms with Crippen molar-refractivity contribution in [2.24, 2.45) is 0 Å². The van der Waals surface area contributed by atoms with Crippen LogP contribution in [-0.2, 0) is 10.4 Å². The van der Waals surface area contributed by atoms with Crippen LogP contribution in [0.1, 0.15) is 19.3 Å². The molecule has 74 valence electrons. The van der Waals surface area contributed by atoms with E-state index in [4.69, 9.17) is 22.7 Å². The summed E-state index contributed by atoms with van der Waals surface area (Å²) in [5.41, 5.74) is 0. The van der Waals surface area contributed by atoms with E-state index in [-0.39, 0.29) is 0 Å². The van der Waals surface area contributed by atoms with Gasteiger partial charge in [0, 0.05) is 0 Å². The molecule has 0 saturated carbocycles. The van der Waals surface area contributed by atoms with Crippen molar-refractivity contribution in [2.75, 3.05) is 13.1 Å². The Morgan fingerprint density at radius 3 is 1.67 bits per heavy atom. The summed E-state index contributed by atoms with van der Waals surface area (Å²) in [7, 11) is -4.92. The summed E-state index contributed by atoms with van der Waals surface area (Å²) < 4.78 is 32.8. The molecule has 0 atom stereocenters. The number of hydrogen-bond donors (Lipinski definition) is 3. The Bertz CT molecular complexity index is 188. The molecule has 0 spiro atoms. The molecule has 6 nitrogen and oxygen atoms in total. The average molecular weight is 199 g/mol. The lowest BCUT2D eigenvalue weighted by Gasteiger charge is -2.14. The molecule has 1 heterocycles. The first-order chi connectivity index (χ1) is 5.39. The third-order valence-corrected chi connectivity index (χ3v) is 1.43. The van der Waals surface area contributed by atoms with Crippen molar-refractivity contribution in [1.29, 1.82) is 0 Å². The molecule has 0 radical (unpaired) electrons. The monoisotopic (exact) mass is 199 g/mol. The van der Waals surface area contributed by atoms with E-state index in [0.717, 1.165) is 13.1 Å². The average Bonchev–Trinajstić information content (AvgIpc) is 1.85. The van der Waals surface area contributed by atoms with E-state index in [1.807, 2.05) is 0 Å².